The van der Waals surface area contributed by atoms with Gasteiger partial charge in [-0.15, -0.1) is 0 Å². The van der Waals surface area contributed by atoms with Gasteiger partial charge in [0.05, 0.1) is 17.4 Å². The minimum absolute atomic E-state index is 0.183. The van der Waals surface area contributed by atoms with Crippen LogP contribution in [0, 0.1) is 6.92 Å². The molecule has 2 aromatic carbocycles. The monoisotopic (exact) mass is 383 g/mol. The predicted octanol–water partition coefficient (Wildman–Crippen LogP) is 3.15. The SMILES string of the molecule is Cc1ccccc1S(=O)(=O)Nc1cccc(C(=O)NN=Cc2ccco2)c1. The Balaban J connectivity index is 1.73. The average molecular weight is 383 g/mol. The third-order valence-corrected chi connectivity index (χ3v) is 5.20. The fourth-order valence-corrected chi connectivity index (χ4v) is 3.67. The zero-order valence-electron chi connectivity index (χ0n) is 14.4. The fourth-order valence-electron chi connectivity index (χ4n) is 2.38. The van der Waals surface area contributed by atoms with Gasteiger partial charge < -0.3 is 4.42 Å². The van der Waals surface area contributed by atoms with Crippen molar-refractivity contribution in [3.05, 3.63) is 83.8 Å². The molecule has 7 nitrogen and oxygen atoms in total. The highest BCUT2D eigenvalue weighted by molar-refractivity contribution is 7.92. The summed E-state index contributed by atoms with van der Waals surface area (Å²) >= 11 is 0. The van der Waals surface area contributed by atoms with Crippen LogP contribution in [-0.4, -0.2) is 20.5 Å². The van der Waals surface area contributed by atoms with Gasteiger partial charge in [0.1, 0.15) is 5.76 Å². The first-order valence-corrected chi connectivity index (χ1v) is 9.49. The predicted molar refractivity (Wildman–Crippen MR) is 102 cm³/mol. The lowest BCUT2D eigenvalue weighted by Crippen LogP contribution is -2.18. The molecule has 0 radical (unpaired) electrons. The number of nitrogens with zero attached hydrogens (tertiary/aromatic N) is 1. The van der Waals surface area contributed by atoms with Crippen molar-refractivity contribution in [2.75, 3.05) is 4.72 Å². The number of carbonyl (C=O) groups excluding carboxylic acids is 1. The number of nitrogens with one attached hydrogen (secondary N) is 2. The molecule has 0 spiro atoms. The first-order valence-electron chi connectivity index (χ1n) is 8.01. The van der Waals surface area contributed by atoms with E-state index in [-0.39, 0.29) is 16.1 Å². The van der Waals surface area contributed by atoms with Crippen LogP contribution in [0.2, 0.25) is 0 Å². The van der Waals surface area contributed by atoms with Gasteiger partial charge in [0, 0.05) is 11.3 Å². The summed E-state index contributed by atoms with van der Waals surface area (Å²) in [6.45, 7) is 1.72. The largest absolute Gasteiger partial charge is 0.463 e. The van der Waals surface area contributed by atoms with Crippen LogP contribution in [0.15, 0.2) is 81.3 Å². The van der Waals surface area contributed by atoms with E-state index >= 15 is 0 Å². The molecule has 0 saturated heterocycles. The zero-order chi connectivity index (χ0) is 19.3. The van der Waals surface area contributed by atoms with Crippen molar-refractivity contribution in [3.8, 4) is 0 Å². The second kappa shape index (κ2) is 7.88. The molecule has 1 heterocycles. The van der Waals surface area contributed by atoms with Crippen molar-refractivity contribution < 1.29 is 17.6 Å². The number of hydrogen-bond acceptors (Lipinski definition) is 5. The van der Waals surface area contributed by atoms with Gasteiger partial charge in [-0.05, 0) is 48.9 Å². The Morgan fingerprint density at radius 3 is 2.63 bits per heavy atom. The molecule has 0 fully saturated rings. The minimum atomic E-state index is -3.76. The maximum atomic E-state index is 12.6. The van der Waals surface area contributed by atoms with Gasteiger partial charge in [-0.3, -0.25) is 9.52 Å². The first-order chi connectivity index (χ1) is 13.0. The normalized spacial score (nSPS) is 11.4. The van der Waals surface area contributed by atoms with Gasteiger partial charge in [-0.2, -0.15) is 5.10 Å². The van der Waals surface area contributed by atoms with Gasteiger partial charge in [-0.25, -0.2) is 13.8 Å². The molecule has 0 bridgehead atoms. The van der Waals surface area contributed by atoms with E-state index in [9.17, 15) is 13.2 Å². The number of hydrazone groups is 1. The molecule has 8 heteroatoms. The van der Waals surface area contributed by atoms with Crippen LogP contribution in [-0.2, 0) is 10.0 Å². The Labute approximate surface area is 156 Å². The van der Waals surface area contributed by atoms with Gasteiger partial charge in [0.15, 0.2) is 0 Å². The van der Waals surface area contributed by atoms with E-state index in [0.717, 1.165) is 0 Å². The summed E-state index contributed by atoms with van der Waals surface area (Å²) in [5, 5.41) is 3.80. The van der Waals surface area contributed by atoms with Crippen LogP contribution in [0.4, 0.5) is 5.69 Å². The van der Waals surface area contributed by atoms with Crippen molar-refractivity contribution in [3.63, 3.8) is 0 Å². The summed E-state index contributed by atoms with van der Waals surface area (Å²) in [6, 6.07) is 16.2. The van der Waals surface area contributed by atoms with Crippen molar-refractivity contribution in [2.24, 2.45) is 5.10 Å². The van der Waals surface area contributed by atoms with Gasteiger partial charge in [-0.1, -0.05) is 24.3 Å². The molecule has 138 valence electrons. The van der Waals surface area contributed by atoms with Gasteiger partial charge >= 0.3 is 0 Å². The highest BCUT2D eigenvalue weighted by Crippen LogP contribution is 2.19. The molecular formula is C19H17N3O4S. The summed E-state index contributed by atoms with van der Waals surface area (Å²) < 4.78 is 32.7. The molecule has 27 heavy (non-hydrogen) atoms. The van der Waals surface area contributed by atoms with E-state index in [1.165, 1.54) is 24.6 Å². The van der Waals surface area contributed by atoms with Crippen LogP contribution in [0.25, 0.3) is 0 Å². The quantitative estimate of drug-likeness (QED) is 0.504. The fraction of sp³-hybridized carbons (Fsp3) is 0.0526. The summed E-state index contributed by atoms with van der Waals surface area (Å²) in [5.74, 6) is 0.0183. The second-order valence-corrected chi connectivity index (χ2v) is 7.32. The van der Waals surface area contributed by atoms with Crippen LogP contribution in [0.3, 0.4) is 0 Å². The zero-order valence-corrected chi connectivity index (χ0v) is 15.2. The average Bonchev–Trinajstić information content (AvgIpc) is 3.15. The maximum absolute atomic E-state index is 12.6. The summed E-state index contributed by atoms with van der Waals surface area (Å²) in [4.78, 5) is 12.4. The maximum Gasteiger partial charge on any atom is 0.271 e. The lowest BCUT2D eigenvalue weighted by Gasteiger charge is -2.11. The van der Waals surface area contributed by atoms with E-state index in [4.69, 9.17) is 4.42 Å². The Hall–Kier alpha value is -3.39. The molecule has 3 aromatic rings. The highest BCUT2D eigenvalue weighted by atomic mass is 32.2. The van der Waals surface area contributed by atoms with Crippen molar-refractivity contribution in [1.29, 1.82) is 0 Å². The Morgan fingerprint density at radius 2 is 1.89 bits per heavy atom. The molecule has 2 N–H and O–H groups in total. The Bertz CT molecular complexity index is 1070. The smallest absolute Gasteiger partial charge is 0.271 e. The number of anilines is 1. The topological polar surface area (TPSA) is 101 Å². The van der Waals surface area contributed by atoms with Crippen LogP contribution >= 0.6 is 0 Å². The molecule has 0 aliphatic rings. The van der Waals surface area contributed by atoms with E-state index < -0.39 is 15.9 Å². The molecule has 0 aliphatic carbocycles. The van der Waals surface area contributed by atoms with Crippen LogP contribution < -0.4 is 10.1 Å². The lowest BCUT2D eigenvalue weighted by atomic mass is 10.2. The number of benzene rings is 2. The third kappa shape index (κ3) is 4.62. The van der Waals surface area contributed by atoms with Crippen molar-refractivity contribution >= 4 is 27.8 Å². The lowest BCUT2D eigenvalue weighted by molar-refractivity contribution is 0.0955. The van der Waals surface area contributed by atoms with E-state index in [0.29, 0.717) is 11.3 Å². The molecule has 0 atom stereocenters. The standard InChI is InChI=1S/C19H17N3O4S/c1-14-6-2-3-10-18(14)27(24,25)22-16-8-4-7-15(12-16)19(23)21-20-13-17-9-5-11-26-17/h2-13,22H,1H3,(H,21,23). The van der Waals surface area contributed by atoms with E-state index in [2.05, 4.69) is 15.2 Å². The van der Waals surface area contributed by atoms with Crippen molar-refractivity contribution in [2.45, 2.75) is 11.8 Å². The number of hydrogen-bond donors (Lipinski definition) is 2. The molecule has 3 rings (SSSR count). The van der Waals surface area contributed by atoms with Gasteiger partial charge in [0.2, 0.25) is 0 Å². The van der Waals surface area contributed by atoms with E-state index in [1.807, 2.05) is 0 Å². The molecule has 1 amide bonds. The summed E-state index contributed by atoms with van der Waals surface area (Å²) in [5.41, 5.74) is 3.53. The van der Waals surface area contributed by atoms with E-state index in [1.54, 1.807) is 55.5 Å². The first kappa shape index (κ1) is 18.4. The van der Waals surface area contributed by atoms with Crippen LogP contribution in [0.5, 0.6) is 0 Å². The van der Waals surface area contributed by atoms with Gasteiger partial charge in [0.25, 0.3) is 15.9 Å². The highest BCUT2D eigenvalue weighted by Gasteiger charge is 2.17. The van der Waals surface area contributed by atoms with Crippen LogP contribution in [0.1, 0.15) is 21.7 Å². The molecule has 0 unspecified atom stereocenters. The second-order valence-electron chi connectivity index (χ2n) is 5.67. The number of aryl methyl sites for hydroxylation is 1. The van der Waals surface area contributed by atoms with Crippen molar-refractivity contribution in [1.82, 2.24) is 5.43 Å². The number of furan rings is 1. The number of amides is 1. The number of rotatable bonds is 6. The Kier molecular flexibility index (Phi) is 5.37. The Morgan fingerprint density at radius 1 is 1.07 bits per heavy atom. The minimum Gasteiger partial charge on any atom is -0.463 e. The molecular weight excluding hydrogens is 366 g/mol. The molecule has 1 aromatic heterocycles. The summed E-state index contributed by atoms with van der Waals surface area (Å²) in [7, 11) is -3.76. The summed E-state index contributed by atoms with van der Waals surface area (Å²) in [6.07, 6.45) is 2.86. The molecule has 0 saturated carbocycles. The molecule has 0 aliphatic heterocycles. The number of sulfonamides is 1. The third-order valence-electron chi connectivity index (χ3n) is 3.66. The number of carbonyl (C=O) groups is 1.